The molecular weight excluding hydrogens is 504 g/mol. The lowest BCUT2D eigenvalue weighted by Gasteiger charge is -2.35. The summed E-state index contributed by atoms with van der Waals surface area (Å²) in [6.07, 6.45) is 1.96. The van der Waals surface area contributed by atoms with Crippen LogP contribution in [-0.4, -0.2) is 66.8 Å². The number of sulfonamides is 1. The zero-order valence-corrected chi connectivity index (χ0v) is 23.9. The van der Waals surface area contributed by atoms with Gasteiger partial charge in [0.2, 0.25) is 10.0 Å². The van der Waals surface area contributed by atoms with E-state index >= 15 is 0 Å². The van der Waals surface area contributed by atoms with Gasteiger partial charge in [0, 0.05) is 36.4 Å². The molecule has 0 spiro atoms. The maximum atomic E-state index is 12.6. The molecule has 1 aromatic heterocycles. The van der Waals surface area contributed by atoms with Gasteiger partial charge in [-0.05, 0) is 56.4 Å². The Morgan fingerprint density at radius 1 is 1.16 bits per heavy atom. The highest BCUT2D eigenvalue weighted by Crippen LogP contribution is 2.34. The number of nitrogens with one attached hydrogen (secondary N) is 2. The van der Waals surface area contributed by atoms with Crippen LogP contribution in [0.15, 0.2) is 24.3 Å². The smallest absolute Gasteiger partial charge is 0.319 e. The lowest BCUT2D eigenvalue weighted by Crippen LogP contribution is -2.44. The zero-order valence-electron chi connectivity index (χ0n) is 23.1. The summed E-state index contributed by atoms with van der Waals surface area (Å²) in [7, 11) is -3.36. The second-order valence-electron chi connectivity index (χ2n) is 11.2. The maximum absolute atomic E-state index is 12.6. The lowest BCUT2D eigenvalue weighted by atomic mass is 9.91. The second-order valence-corrected chi connectivity index (χ2v) is 13.5. The summed E-state index contributed by atoms with van der Waals surface area (Å²) < 4.78 is 32.4. The van der Waals surface area contributed by atoms with Crippen LogP contribution in [-0.2, 0) is 27.8 Å². The summed E-state index contributed by atoms with van der Waals surface area (Å²) in [5.41, 5.74) is 3.31. The van der Waals surface area contributed by atoms with E-state index in [2.05, 4.69) is 43.2 Å². The fraction of sp³-hybridized carbons (Fsp3) is 0.593. The predicted molar refractivity (Wildman–Crippen MR) is 150 cm³/mol. The van der Waals surface area contributed by atoms with Crippen LogP contribution in [0.25, 0.3) is 11.4 Å². The molecule has 2 aliphatic heterocycles. The number of benzene rings is 1. The number of carbonyl (C=O) groups is 1. The molecule has 0 bridgehead atoms. The average molecular weight is 545 g/mol. The number of anilines is 2. The quantitative estimate of drug-likeness (QED) is 0.483. The number of carbonyl (C=O) groups excluding carboxylic acids is 1. The number of morpholine rings is 1. The van der Waals surface area contributed by atoms with E-state index in [9.17, 15) is 13.2 Å². The Hall–Kier alpha value is -2.76. The van der Waals surface area contributed by atoms with Gasteiger partial charge in [0.25, 0.3) is 0 Å². The molecule has 1 saturated heterocycles. The van der Waals surface area contributed by atoms with Crippen LogP contribution in [0, 0.1) is 5.41 Å². The molecular formula is C27H40N6O4S. The highest BCUT2D eigenvalue weighted by molar-refractivity contribution is 7.89. The molecule has 1 fully saturated rings. The summed E-state index contributed by atoms with van der Waals surface area (Å²) in [4.78, 5) is 24.2. The SMILES string of the molecule is CCS(=O)(=O)N1Cc2nc(-c3ccc(NC(=O)NCCCC(C)(C)C)cc3)nc(N3CCOCC3C)c2C1. The van der Waals surface area contributed by atoms with Gasteiger partial charge in [-0.2, -0.15) is 4.31 Å². The third-order valence-electron chi connectivity index (χ3n) is 6.92. The molecule has 1 atom stereocenters. The molecule has 3 heterocycles. The van der Waals surface area contributed by atoms with Crippen LogP contribution in [0.2, 0.25) is 0 Å². The summed E-state index contributed by atoms with van der Waals surface area (Å²) in [6, 6.07) is 7.27. The first-order valence-electron chi connectivity index (χ1n) is 13.3. The summed E-state index contributed by atoms with van der Waals surface area (Å²) in [6.45, 7) is 13.3. The van der Waals surface area contributed by atoms with Gasteiger partial charge >= 0.3 is 6.03 Å². The average Bonchev–Trinajstić information content (AvgIpc) is 3.32. The Labute approximate surface area is 226 Å². The van der Waals surface area contributed by atoms with Crippen molar-refractivity contribution in [3.63, 3.8) is 0 Å². The van der Waals surface area contributed by atoms with Crippen molar-refractivity contribution >= 4 is 27.6 Å². The van der Waals surface area contributed by atoms with E-state index in [1.807, 2.05) is 24.3 Å². The van der Waals surface area contributed by atoms with E-state index in [-0.39, 0.29) is 36.3 Å². The van der Waals surface area contributed by atoms with Gasteiger partial charge in [0.1, 0.15) is 5.82 Å². The van der Waals surface area contributed by atoms with Gasteiger partial charge in [-0.25, -0.2) is 23.2 Å². The van der Waals surface area contributed by atoms with Crippen molar-refractivity contribution in [2.24, 2.45) is 5.41 Å². The zero-order chi connectivity index (χ0) is 27.5. The third-order valence-corrected chi connectivity index (χ3v) is 8.69. The number of amides is 2. The van der Waals surface area contributed by atoms with Crippen LogP contribution in [0.5, 0.6) is 0 Å². The summed E-state index contributed by atoms with van der Waals surface area (Å²) in [5.74, 6) is 1.35. The molecule has 0 radical (unpaired) electrons. The molecule has 0 aliphatic carbocycles. The van der Waals surface area contributed by atoms with E-state index in [0.29, 0.717) is 37.8 Å². The van der Waals surface area contributed by atoms with Gasteiger partial charge in [-0.3, -0.25) is 0 Å². The van der Waals surface area contributed by atoms with Crippen molar-refractivity contribution in [2.45, 2.75) is 66.6 Å². The first kappa shape index (κ1) is 28.3. The van der Waals surface area contributed by atoms with Crippen molar-refractivity contribution in [1.82, 2.24) is 19.6 Å². The molecule has 10 nitrogen and oxygen atoms in total. The maximum Gasteiger partial charge on any atom is 0.319 e. The number of nitrogens with zero attached hydrogens (tertiary/aromatic N) is 4. The molecule has 2 amide bonds. The van der Waals surface area contributed by atoms with Crippen molar-refractivity contribution in [2.75, 3.05) is 42.3 Å². The number of hydrogen-bond acceptors (Lipinski definition) is 7. The van der Waals surface area contributed by atoms with Crippen molar-refractivity contribution in [3.05, 3.63) is 35.5 Å². The fourth-order valence-electron chi connectivity index (χ4n) is 4.70. The Kier molecular flexibility index (Phi) is 8.59. The first-order chi connectivity index (χ1) is 18.0. The Bertz CT molecular complexity index is 1240. The largest absolute Gasteiger partial charge is 0.377 e. The van der Waals surface area contributed by atoms with Crippen LogP contribution in [0.1, 0.15) is 58.7 Å². The van der Waals surface area contributed by atoms with Crippen LogP contribution in [0.3, 0.4) is 0 Å². The molecule has 2 aliphatic rings. The molecule has 38 heavy (non-hydrogen) atoms. The Morgan fingerprint density at radius 3 is 2.55 bits per heavy atom. The van der Waals surface area contributed by atoms with E-state index in [0.717, 1.165) is 35.5 Å². The van der Waals surface area contributed by atoms with E-state index in [1.165, 1.54) is 4.31 Å². The van der Waals surface area contributed by atoms with E-state index in [1.54, 1.807) is 6.92 Å². The molecule has 1 aromatic carbocycles. The van der Waals surface area contributed by atoms with E-state index in [4.69, 9.17) is 14.7 Å². The summed E-state index contributed by atoms with van der Waals surface area (Å²) >= 11 is 0. The minimum atomic E-state index is -3.36. The van der Waals surface area contributed by atoms with Crippen LogP contribution >= 0.6 is 0 Å². The number of rotatable bonds is 8. The summed E-state index contributed by atoms with van der Waals surface area (Å²) in [5, 5.41) is 5.77. The lowest BCUT2D eigenvalue weighted by molar-refractivity contribution is 0.0984. The predicted octanol–water partition coefficient (Wildman–Crippen LogP) is 3.98. The van der Waals surface area contributed by atoms with Gasteiger partial charge in [-0.15, -0.1) is 0 Å². The number of aromatic nitrogens is 2. The van der Waals surface area contributed by atoms with Gasteiger partial charge < -0.3 is 20.3 Å². The van der Waals surface area contributed by atoms with Crippen molar-refractivity contribution in [3.8, 4) is 11.4 Å². The fourth-order valence-corrected chi connectivity index (χ4v) is 5.71. The minimum absolute atomic E-state index is 0.0448. The van der Waals surface area contributed by atoms with Crippen molar-refractivity contribution < 1.29 is 17.9 Å². The molecule has 4 rings (SSSR count). The molecule has 1 unspecified atom stereocenters. The molecule has 0 saturated carbocycles. The number of urea groups is 1. The Balaban J connectivity index is 1.52. The monoisotopic (exact) mass is 544 g/mol. The van der Waals surface area contributed by atoms with Crippen molar-refractivity contribution in [1.29, 1.82) is 0 Å². The minimum Gasteiger partial charge on any atom is -0.377 e. The highest BCUT2D eigenvalue weighted by Gasteiger charge is 2.35. The number of hydrogen-bond donors (Lipinski definition) is 2. The van der Waals surface area contributed by atoms with Gasteiger partial charge in [0.15, 0.2) is 5.82 Å². The molecule has 208 valence electrons. The Morgan fingerprint density at radius 2 is 1.89 bits per heavy atom. The molecule has 2 N–H and O–H groups in total. The van der Waals surface area contributed by atoms with Crippen LogP contribution < -0.4 is 15.5 Å². The van der Waals surface area contributed by atoms with Gasteiger partial charge in [-0.1, -0.05) is 20.8 Å². The molecule has 11 heteroatoms. The topological polar surface area (TPSA) is 117 Å². The van der Waals surface area contributed by atoms with Crippen LogP contribution in [0.4, 0.5) is 16.3 Å². The second kappa shape index (κ2) is 11.5. The number of fused-ring (bicyclic) bond motifs is 1. The standard InChI is InChI=1S/C27H40N6O4S/c1-6-38(35,36)32-16-22-23(17-32)30-24(31-25(22)33-14-15-37-18-19(33)2)20-8-10-21(11-9-20)29-26(34)28-13-7-12-27(3,4)5/h8-11,19H,6-7,12-18H2,1-5H3,(H2,28,29,34). The number of ether oxygens (including phenoxy) is 1. The normalized spacial score (nSPS) is 18.3. The van der Waals surface area contributed by atoms with E-state index < -0.39 is 10.0 Å². The molecule has 2 aromatic rings. The highest BCUT2D eigenvalue weighted by atomic mass is 32.2. The van der Waals surface area contributed by atoms with Gasteiger partial charge in [0.05, 0.1) is 37.2 Å². The third kappa shape index (κ3) is 6.81. The first-order valence-corrected chi connectivity index (χ1v) is 14.9.